The number of anilines is 1. The molecule has 172 valence electrons. The second-order valence-corrected chi connectivity index (χ2v) is 10.7. The average molecular weight is 478 g/mol. The zero-order valence-corrected chi connectivity index (χ0v) is 19.9. The predicted octanol–water partition coefficient (Wildman–Crippen LogP) is 3.02. The molecule has 0 radical (unpaired) electrons. The quantitative estimate of drug-likeness (QED) is 0.639. The van der Waals surface area contributed by atoms with Gasteiger partial charge in [-0.25, -0.2) is 8.42 Å². The highest BCUT2D eigenvalue weighted by atomic mass is 35.5. The molecule has 2 aromatic rings. The molecule has 2 aromatic carbocycles. The van der Waals surface area contributed by atoms with E-state index in [2.05, 4.69) is 4.90 Å². The molecule has 0 bridgehead atoms. The van der Waals surface area contributed by atoms with Crippen LogP contribution >= 0.6 is 11.6 Å². The Hall–Kier alpha value is -2.13. The molecule has 2 aliphatic rings. The molecule has 9 heteroatoms. The fourth-order valence-corrected chi connectivity index (χ4v) is 6.01. The molecule has 0 aliphatic carbocycles. The fourth-order valence-electron chi connectivity index (χ4n) is 4.41. The number of hydrogen-bond donors (Lipinski definition) is 0. The number of nitrogens with zero attached hydrogens (tertiary/aromatic N) is 3. The van der Waals surface area contributed by atoms with Crippen LogP contribution in [0.15, 0.2) is 47.4 Å². The number of ether oxygens (including phenoxy) is 1. The molecular weight excluding hydrogens is 450 g/mol. The Kier molecular flexibility index (Phi) is 6.76. The summed E-state index contributed by atoms with van der Waals surface area (Å²) in [6, 6.07) is 12.4. The molecule has 2 aliphatic heterocycles. The summed E-state index contributed by atoms with van der Waals surface area (Å²) in [6.07, 6.45) is 0.666. The zero-order chi connectivity index (χ0) is 22.9. The summed E-state index contributed by atoms with van der Waals surface area (Å²) in [5.41, 5.74) is 1.72. The lowest BCUT2D eigenvalue weighted by Gasteiger charge is -2.33. The van der Waals surface area contributed by atoms with Crippen molar-refractivity contribution in [1.82, 2.24) is 9.21 Å². The molecule has 0 aromatic heterocycles. The SMILES string of the molecule is CC(=O)N1c2ccc(S(=O)(=O)N3CCN(CCOc4ccc(Cl)cc4)CC3)cc2C[C@@H]1C. The molecule has 1 saturated heterocycles. The van der Waals surface area contributed by atoms with Gasteiger partial charge in [-0.3, -0.25) is 9.69 Å². The molecule has 0 saturated carbocycles. The van der Waals surface area contributed by atoms with Crippen molar-refractivity contribution >= 4 is 33.2 Å². The summed E-state index contributed by atoms with van der Waals surface area (Å²) < 4.78 is 33.7. The third-order valence-corrected chi connectivity index (χ3v) is 8.21. The smallest absolute Gasteiger partial charge is 0.243 e. The number of carbonyl (C=O) groups excluding carboxylic acids is 1. The molecule has 32 heavy (non-hydrogen) atoms. The van der Waals surface area contributed by atoms with Crippen LogP contribution in [0.1, 0.15) is 19.4 Å². The van der Waals surface area contributed by atoms with Gasteiger partial charge < -0.3 is 9.64 Å². The first-order valence-corrected chi connectivity index (χ1v) is 12.6. The molecule has 1 amide bonds. The largest absolute Gasteiger partial charge is 0.492 e. The summed E-state index contributed by atoms with van der Waals surface area (Å²) in [4.78, 5) is 16.2. The van der Waals surface area contributed by atoms with E-state index in [1.807, 2.05) is 19.1 Å². The molecule has 1 atom stereocenters. The van der Waals surface area contributed by atoms with Gasteiger partial charge in [0, 0.05) is 56.4 Å². The van der Waals surface area contributed by atoms with Gasteiger partial charge in [0.1, 0.15) is 12.4 Å². The number of fused-ring (bicyclic) bond motifs is 1. The second kappa shape index (κ2) is 9.39. The Morgan fingerprint density at radius 2 is 1.78 bits per heavy atom. The number of rotatable bonds is 6. The van der Waals surface area contributed by atoms with E-state index in [-0.39, 0.29) is 11.9 Å². The van der Waals surface area contributed by atoms with Gasteiger partial charge >= 0.3 is 0 Å². The minimum Gasteiger partial charge on any atom is -0.492 e. The summed E-state index contributed by atoms with van der Waals surface area (Å²) in [5.74, 6) is 0.743. The number of benzene rings is 2. The summed E-state index contributed by atoms with van der Waals surface area (Å²) >= 11 is 5.88. The highest BCUT2D eigenvalue weighted by Crippen LogP contribution is 2.34. The van der Waals surface area contributed by atoms with E-state index in [1.54, 1.807) is 39.5 Å². The standard InChI is InChI=1S/C23H28ClN3O4S/c1-17-15-19-16-22(7-8-23(19)27(17)18(2)28)32(29,30)26-11-9-25(10-12-26)13-14-31-21-5-3-20(24)4-6-21/h3-8,16-17H,9-15H2,1-2H3/t17-/m0/s1. The molecule has 1 fully saturated rings. The highest BCUT2D eigenvalue weighted by molar-refractivity contribution is 7.89. The van der Waals surface area contributed by atoms with E-state index in [4.69, 9.17) is 16.3 Å². The lowest BCUT2D eigenvalue weighted by molar-refractivity contribution is -0.116. The van der Waals surface area contributed by atoms with E-state index in [0.717, 1.165) is 23.5 Å². The van der Waals surface area contributed by atoms with Crippen LogP contribution in [0.4, 0.5) is 5.69 Å². The topological polar surface area (TPSA) is 70.2 Å². The summed E-state index contributed by atoms with van der Waals surface area (Å²) in [6.45, 7) is 6.97. The summed E-state index contributed by atoms with van der Waals surface area (Å²) in [7, 11) is -3.57. The third-order valence-electron chi connectivity index (χ3n) is 6.06. The number of halogens is 1. The van der Waals surface area contributed by atoms with Gasteiger partial charge in [0.15, 0.2) is 0 Å². The van der Waals surface area contributed by atoms with Crippen molar-refractivity contribution < 1.29 is 17.9 Å². The molecule has 0 N–H and O–H groups in total. The van der Waals surface area contributed by atoms with Crippen molar-refractivity contribution in [3.05, 3.63) is 53.1 Å². The van der Waals surface area contributed by atoms with Crippen LogP contribution in [-0.4, -0.2) is 68.9 Å². The Morgan fingerprint density at radius 1 is 1.09 bits per heavy atom. The number of hydrogen-bond acceptors (Lipinski definition) is 5. The van der Waals surface area contributed by atoms with Crippen molar-refractivity contribution in [2.45, 2.75) is 31.2 Å². The normalized spacial score (nSPS) is 19.7. The number of sulfonamides is 1. The lowest BCUT2D eigenvalue weighted by atomic mass is 10.1. The minimum atomic E-state index is -3.57. The Morgan fingerprint density at radius 3 is 2.44 bits per heavy atom. The van der Waals surface area contributed by atoms with Crippen LogP contribution in [0.5, 0.6) is 5.75 Å². The minimum absolute atomic E-state index is 0.0250. The third kappa shape index (κ3) is 4.78. The molecule has 0 spiro atoms. The molecular formula is C23H28ClN3O4S. The Balaban J connectivity index is 1.33. The number of piperazine rings is 1. The van der Waals surface area contributed by atoms with Gasteiger partial charge in [-0.05, 0) is 61.4 Å². The summed E-state index contributed by atoms with van der Waals surface area (Å²) in [5, 5.41) is 0.670. The van der Waals surface area contributed by atoms with Crippen LogP contribution in [0.3, 0.4) is 0 Å². The average Bonchev–Trinajstić information content (AvgIpc) is 3.10. The van der Waals surface area contributed by atoms with Gasteiger partial charge in [-0.15, -0.1) is 0 Å². The van der Waals surface area contributed by atoms with Crippen LogP contribution in [0.25, 0.3) is 0 Å². The van der Waals surface area contributed by atoms with Gasteiger partial charge in [0.05, 0.1) is 4.90 Å². The lowest BCUT2D eigenvalue weighted by Crippen LogP contribution is -2.49. The van der Waals surface area contributed by atoms with Crippen LogP contribution in [0.2, 0.25) is 5.02 Å². The van der Waals surface area contributed by atoms with Gasteiger partial charge in [-0.1, -0.05) is 11.6 Å². The van der Waals surface area contributed by atoms with Crippen LogP contribution in [-0.2, 0) is 21.2 Å². The van der Waals surface area contributed by atoms with E-state index < -0.39 is 10.0 Å². The molecule has 0 unspecified atom stereocenters. The maximum atomic E-state index is 13.2. The number of amides is 1. The predicted molar refractivity (Wildman–Crippen MR) is 125 cm³/mol. The fraction of sp³-hybridized carbons (Fsp3) is 0.435. The van der Waals surface area contributed by atoms with Gasteiger partial charge in [0.25, 0.3) is 0 Å². The molecule has 2 heterocycles. The first kappa shape index (κ1) is 23.0. The van der Waals surface area contributed by atoms with Crippen molar-refractivity contribution in [1.29, 1.82) is 0 Å². The highest BCUT2D eigenvalue weighted by Gasteiger charge is 2.33. The zero-order valence-electron chi connectivity index (χ0n) is 18.3. The Labute approximate surface area is 194 Å². The first-order chi connectivity index (χ1) is 15.3. The van der Waals surface area contributed by atoms with E-state index in [1.165, 1.54) is 6.92 Å². The first-order valence-electron chi connectivity index (χ1n) is 10.8. The van der Waals surface area contributed by atoms with E-state index >= 15 is 0 Å². The van der Waals surface area contributed by atoms with Crippen LogP contribution < -0.4 is 9.64 Å². The number of carbonyl (C=O) groups is 1. The van der Waals surface area contributed by atoms with E-state index in [9.17, 15) is 13.2 Å². The van der Waals surface area contributed by atoms with Crippen molar-refractivity contribution in [3.8, 4) is 5.75 Å². The van der Waals surface area contributed by atoms with Gasteiger partial charge in [-0.2, -0.15) is 4.31 Å². The maximum absolute atomic E-state index is 13.2. The second-order valence-electron chi connectivity index (χ2n) is 8.28. The van der Waals surface area contributed by atoms with Gasteiger partial charge in [0.2, 0.25) is 15.9 Å². The maximum Gasteiger partial charge on any atom is 0.243 e. The monoisotopic (exact) mass is 477 g/mol. The van der Waals surface area contributed by atoms with Crippen LogP contribution in [0, 0.1) is 0 Å². The molecule has 4 rings (SSSR count). The van der Waals surface area contributed by atoms with Crippen molar-refractivity contribution in [2.75, 3.05) is 44.2 Å². The van der Waals surface area contributed by atoms with Crippen molar-refractivity contribution in [2.24, 2.45) is 0 Å². The van der Waals surface area contributed by atoms with E-state index in [0.29, 0.717) is 49.1 Å². The van der Waals surface area contributed by atoms with Crippen molar-refractivity contribution in [3.63, 3.8) is 0 Å². The Bertz CT molecular complexity index is 1080. The molecule has 7 nitrogen and oxygen atoms in total.